The van der Waals surface area contributed by atoms with Crippen molar-refractivity contribution < 1.29 is 4.79 Å². The van der Waals surface area contributed by atoms with Gasteiger partial charge in [-0.2, -0.15) is 0 Å². The van der Waals surface area contributed by atoms with Crippen molar-refractivity contribution in [3.8, 4) is 0 Å². The van der Waals surface area contributed by atoms with E-state index in [4.69, 9.17) is 0 Å². The summed E-state index contributed by atoms with van der Waals surface area (Å²) in [4.78, 5) is 14.6. The maximum absolute atomic E-state index is 12.1. The molecule has 0 saturated heterocycles. The minimum Gasteiger partial charge on any atom is -0.300 e. The van der Waals surface area contributed by atoms with Gasteiger partial charge in [0.05, 0.1) is 0 Å². The number of benzene rings is 1. The SMILES string of the molecule is CCCN(CCC(=O)c1cccc(Br)c1)C1CC1. The van der Waals surface area contributed by atoms with E-state index in [1.165, 1.54) is 19.3 Å². The van der Waals surface area contributed by atoms with E-state index in [9.17, 15) is 4.79 Å². The molecule has 2 nitrogen and oxygen atoms in total. The molecule has 0 amide bonds. The van der Waals surface area contributed by atoms with Gasteiger partial charge in [0.15, 0.2) is 5.78 Å². The maximum Gasteiger partial charge on any atom is 0.164 e. The van der Waals surface area contributed by atoms with Crippen molar-refractivity contribution in [1.82, 2.24) is 4.90 Å². The predicted octanol–water partition coefficient (Wildman–Crippen LogP) is 3.90. The lowest BCUT2D eigenvalue weighted by atomic mass is 10.1. The third kappa shape index (κ3) is 3.92. The number of halogens is 1. The molecule has 1 saturated carbocycles. The molecule has 0 heterocycles. The van der Waals surface area contributed by atoms with E-state index in [1.54, 1.807) is 0 Å². The van der Waals surface area contributed by atoms with Gasteiger partial charge in [-0.25, -0.2) is 0 Å². The van der Waals surface area contributed by atoms with Crippen LogP contribution in [0.4, 0.5) is 0 Å². The van der Waals surface area contributed by atoms with Crippen molar-refractivity contribution >= 4 is 21.7 Å². The van der Waals surface area contributed by atoms with Crippen molar-refractivity contribution in [3.63, 3.8) is 0 Å². The molecule has 3 heteroatoms. The predicted molar refractivity (Wildman–Crippen MR) is 78.0 cm³/mol. The van der Waals surface area contributed by atoms with Crippen molar-refractivity contribution in [2.75, 3.05) is 13.1 Å². The molecule has 0 bridgehead atoms. The van der Waals surface area contributed by atoms with Gasteiger partial charge in [-0.05, 0) is 37.9 Å². The van der Waals surface area contributed by atoms with Crippen molar-refractivity contribution in [1.29, 1.82) is 0 Å². The fourth-order valence-electron chi connectivity index (χ4n) is 2.26. The molecular weight excluding hydrogens is 290 g/mol. The second kappa shape index (κ2) is 6.48. The Bertz CT molecular complexity index is 415. The van der Waals surface area contributed by atoms with Crippen molar-refractivity contribution in [2.24, 2.45) is 0 Å². The Balaban J connectivity index is 1.87. The summed E-state index contributed by atoms with van der Waals surface area (Å²) in [6.07, 6.45) is 4.42. The van der Waals surface area contributed by atoms with Crippen LogP contribution in [0, 0.1) is 0 Å². The van der Waals surface area contributed by atoms with E-state index in [0.717, 1.165) is 29.2 Å². The van der Waals surface area contributed by atoms with Crippen LogP contribution in [0.5, 0.6) is 0 Å². The third-order valence-corrected chi connectivity index (χ3v) is 3.84. The normalized spacial score (nSPS) is 15.1. The molecule has 2 rings (SSSR count). The summed E-state index contributed by atoms with van der Waals surface area (Å²) < 4.78 is 0.973. The number of ketones is 1. The van der Waals surface area contributed by atoms with Crippen LogP contribution in [0.3, 0.4) is 0 Å². The van der Waals surface area contributed by atoms with Gasteiger partial charge < -0.3 is 0 Å². The number of Topliss-reactive ketones (excluding diaryl/α,β-unsaturated/α-hetero) is 1. The van der Waals surface area contributed by atoms with E-state index in [2.05, 4.69) is 27.8 Å². The summed E-state index contributed by atoms with van der Waals surface area (Å²) in [6, 6.07) is 8.42. The highest BCUT2D eigenvalue weighted by Crippen LogP contribution is 2.27. The number of nitrogens with zero attached hydrogens (tertiary/aromatic N) is 1. The first kappa shape index (κ1) is 13.8. The molecule has 18 heavy (non-hydrogen) atoms. The van der Waals surface area contributed by atoms with E-state index in [-0.39, 0.29) is 5.78 Å². The lowest BCUT2D eigenvalue weighted by molar-refractivity contribution is 0.0962. The standard InChI is InChI=1S/C15H20BrNO/c1-2-9-17(14-6-7-14)10-8-15(18)12-4-3-5-13(16)11-12/h3-5,11,14H,2,6-10H2,1H3. The lowest BCUT2D eigenvalue weighted by Gasteiger charge is -2.20. The summed E-state index contributed by atoms with van der Waals surface area (Å²) in [7, 11) is 0. The van der Waals surface area contributed by atoms with E-state index in [1.807, 2.05) is 24.3 Å². The number of hydrogen-bond donors (Lipinski definition) is 0. The maximum atomic E-state index is 12.1. The summed E-state index contributed by atoms with van der Waals surface area (Å²) in [5, 5.41) is 0. The second-order valence-electron chi connectivity index (χ2n) is 4.95. The summed E-state index contributed by atoms with van der Waals surface area (Å²) in [6.45, 7) is 4.23. The largest absolute Gasteiger partial charge is 0.300 e. The van der Waals surface area contributed by atoms with Gasteiger partial charge in [-0.3, -0.25) is 9.69 Å². The first-order valence-corrected chi connectivity index (χ1v) is 7.53. The zero-order valence-electron chi connectivity index (χ0n) is 10.9. The number of hydrogen-bond acceptors (Lipinski definition) is 2. The summed E-state index contributed by atoms with van der Waals surface area (Å²) in [5.41, 5.74) is 0.816. The lowest BCUT2D eigenvalue weighted by Crippen LogP contribution is -2.29. The molecule has 1 aromatic carbocycles. The molecule has 98 valence electrons. The second-order valence-corrected chi connectivity index (χ2v) is 5.87. The fraction of sp³-hybridized carbons (Fsp3) is 0.533. The molecule has 0 N–H and O–H groups in total. The van der Waals surface area contributed by atoms with E-state index in [0.29, 0.717) is 6.42 Å². The molecule has 1 aromatic rings. The first-order chi connectivity index (χ1) is 8.70. The Kier molecular flexibility index (Phi) is 4.95. The summed E-state index contributed by atoms with van der Waals surface area (Å²) in [5.74, 6) is 0.248. The van der Waals surface area contributed by atoms with E-state index >= 15 is 0 Å². The number of rotatable bonds is 7. The molecule has 1 fully saturated rings. The molecule has 0 atom stereocenters. The van der Waals surface area contributed by atoms with Crippen LogP contribution in [0.25, 0.3) is 0 Å². The minimum absolute atomic E-state index is 0.248. The van der Waals surface area contributed by atoms with E-state index < -0.39 is 0 Å². The summed E-state index contributed by atoms with van der Waals surface area (Å²) >= 11 is 3.41. The first-order valence-electron chi connectivity index (χ1n) is 6.73. The van der Waals surface area contributed by atoms with Crippen LogP contribution in [-0.4, -0.2) is 29.8 Å². The highest BCUT2D eigenvalue weighted by Gasteiger charge is 2.28. The molecule has 1 aliphatic rings. The Morgan fingerprint density at radius 2 is 2.17 bits per heavy atom. The van der Waals surface area contributed by atoms with Gasteiger partial charge in [0.2, 0.25) is 0 Å². The van der Waals surface area contributed by atoms with Gasteiger partial charge in [0, 0.05) is 29.0 Å². The monoisotopic (exact) mass is 309 g/mol. The van der Waals surface area contributed by atoms with Gasteiger partial charge >= 0.3 is 0 Å². The Morgan fingerprint density at radius 3 is 2.78 bits per heavy atom. The van der Waals surface area contributed by atoms with Crippen molar-refractivity contribution in [3.05, 3.63) is 34.3 Å². The number of carbonyl (C=O) groups is 1. The molecule has 0 unspecified atom stereocenters. The smallest absolute Gasteiger partial charge is 0.164 e. The third-order valence-electron chi connectivity index (χ3n) is 3.35. The van der Waals surface area contributed by atoms with Crippen LogP contribution in [0.1, 0.15) is 43.0 Å². The average molecular weight is 310 g/mol. The zero-order chi connectivity index (χ0) is 13.0. The van der Waals surface area contributed by atoms with Crippen LogP contribution in [0.2, 0.25) is 0 Å². The van der Waals surface area contributed by atoms with Gasteiger partial charge in [-0.1, -0.05) is 35.0 Å². The zero-order valence-corrected chi connectivity index (χ0v) is 12.4. The highest BCUT2D eigenvalue weighted by atomic mass is 79.9. The Labute approximate surface area is 117 Å². The molecule has 0 aromatic heterocycles. The number of carbonyl (C=O) groups excluding carboxylic acids is 1. The molecule has 0 spiro atoms. The highest BCUT2D eigenvalue weighted by molar-refractivity contribution is 9.10. The van der Waals surface area contributed by atoms with Gasteiger partial charge in [0.1, 0.15) is 0 Å². The average Bonchev–Trinajstić information content (AvgIpc) is 3.18. The quantitative estimate of drug-likeness (QED) is 0.712. The molecular formula is C15H20BrNO. The van der Waals surface area contributed by atoms with Gasteiger partial charge in [0.25, 0.3) is 0 Å². The Hall–Kier alpha value is -0.670. The topological polar surface area (TPSA) is 20.3 Å². The fourth-order valence-corrected chi connectivity index (χ4v) is 2.65. The minimum atomic E-state index is 0.248. The van der Waals surface area contributed by atoms with Crippen LogP contribution < -0.4 is 0 Å². The van der Waals surface area contributed by atoms with Crippen molar-refractivity contribution in [2.45, 2.75) is 38.6 Å². The molecule has 0 aliphatic heterocycles. The van der Waals surface area contributed by atoms with Crippen LogP contribution >= 0.6 is 15.9 Å². The van der Waals surface area contributed by atoms with Crippen LogP contribution in [0.15, 0.2) is 28.7 Å². The molecule has 1 aliphatic carbocycles. The van der Waals surface area contributed by atoms with Gasteiger partial charge in [-0.15, -0.1) is 0 Å². The van der Waals surface area contributed by atoms with Crippen LogP contribution in [-0.2, 0) is 0 Å². The Morgan fingerprint density at radius 1 is 1.39 bits per heavy atom. The molecule has 0 radical (unpaired) electrons.